The van der Waals surface area contributed by atoms with Gasteiger partial charge in [-0.1, -0.05) is 24.6 Å². The molecular weight excluding hydrogens is 362 g/mol. The quantitative estimate of drug-likeness (QED) is 0.620. The van der Waals surface area contributed by atoms with Crippen LogP contribution in [-0.4, -0.2) is 22.0 Å². The van der Waals surface area contributed by atoms with Crippen molar-refractivity contribution in [3.05, 3.63) is 64.8 Å². The molecule has 3 aromatic rings. The molecule has 0 saturated carbocycles. The lowest BCUT2D eigenvalue weighted by Crippen LogP contribution is -2.57. The fourth-order valence-electron chi connectivity index (χ4n) is 5.19. The van der Waals surface area contributed by atoms with Crippen molar-refractivity contribution in [1.82, 2.24) is 9.78 Å². The molecular formula is C24H27N3O2. The van der Waals surface area contributed by atoms with E-state index in [1.54, 1.807) is 0 Å². The molecule has 0 unspecified atom stereocenters. The summed E-state index contributed by atoms with van der Waals surface area (Å²) < 4.78 is 14.7. The molecule has 2 aliphatic rings. The highest BCUT2D eigenvalue weighted by molar-refractivity contribution is 5.60. The van der Waals surface area contributed by atoms with Gasteiger partial charge in [0.1, 0.15) is 11.4 Å². The molecule has 5 nitrogen and oxygen atoms in total. The van der Waals surface area contributed by atoms with Gasteiger partial charge in [-0.3, -0.25) is 0 Å². The Morgan fingerprint density at radius 3 is 2.52 bits per heavy atom. The van der Waals surface area contributed by atoms with Crippen LogP contribution in [0.4, 0.5) is 5.69 Å². The highest BCUT2D eigenvalue weighted by Gasteiger charge is 2.57. The maximum atomic E-state index is 6.63. The molecule has 0 bridgehead atoms. The van der Waals surface area contributed by atoms with E-state index in [0.717, 1.165) is 39.8 Å². The van der Waals surface area contributed by atoms with Crippen LogP contribution in [0.1, 0.15) is 43.2 Å². The first-order chi connectivity index (χ1) is 13.7. The topological polar surface area (TPSA) is 62.3 Å². The lowest BCUT2D eigenvalue weighted by molar-refractivity contribution is -0.0440. The van der Waals surface area contributed by atoms with Gasteiger partial charge in [0, 0.05) is 28.1 Å². The standard InChI is InChI=1S/C24H27N3O2/c1-14-6-9-17(10-7-14)27-22-21(15(2)26-27)24(5)18-12-16(25)8-11-19(18)28-13-20(24)23(3,4)29-22/h6-12,20H,13,25H2,1-5H3/t20-,24-/m1/s1. The van der Waals surface area contributed by atoms with Gasteiger partial charge < -0.3 is 15.2 Å². The van der Waals surface area contributed by atoms with Gasteiger partial charge in [-0.25, -0.2) is 4.68 Å². The van der Waals surface area contributed by atoms with Crippen molar-refractivity contribution < 1.29 is 9.47 Å². The van der Waals surface area contributed by atoms with Gasteiger partial charge in [0.15, 0.2) is 0 Å². The Hall–Kier alpha value is -2.95. The van der Waals surface area contributed by atoms with Crippen LogP contribution in [0, 0.1) is 19.8 Å². The predicted octanol–water partition coefficient (Wildman–Crippen LogP) is 4.56. The molecule has 2 N–H and O–H groups in total. The van der Waals surface area contributed by atoms with Gasteiger partial charge >= 0.3 is 0 Å². The summed E-state index contributed by atoms with van der Waals surface area (Å²) in [6, 6.07) is 14.3. The summed E-state index contributed by atoms with van der Waals surface area (Å²) in [4.78, 5) is 0. The van der Waals surface area contributed by atoms with Crippen molar-refractivity contribution in [3.63, 3.8) is 0 Å². The first-order valence-corrected chi connectivity index (χ1v) is 10.1. The number of nitrogens with zero attached hydrogens (tertiary/aromatic N) is 2. The van der Waals surface area contributed by atoms with E-state index >= 15 is 0 Å². The van der Waals surface area contributed by atoms with Gasteiger partial charge in [0.25, 0.3) is 0 Å². The van der Waals surface area contributed by atoms with E-state index in [9.17, 15) is 0 Å². The molecule has 0 fully saturated rings. The summed E-state index contributed by atoms with van der Waals surface area (Å²) in [5, 5.41) is 4.91. The Kier molecular flexibility index (Phi) is 3.61. The molecule has 0 saturated heterocycles. The van der Waals surface area contributed by atoms with Crippen molar-refractivity contribution in [2.45, 2.75) is 45.6 Å². The van der Waals surface area contributed by atoms with E-state index in [4.69, 9.17) is 20.3 Å². The number of ether oxygens (including phenoxy) is 2. The summed E-state index contributed by atoms with van der Waals surface area (Å²) in [5.74, 6) is 1.83. The summed E-state index contributed by atoms with van der Waals surface area (Å²) in [5.41, 5.74) is 11.6. The fourth-order valence-corrected chi connectivity index (χ4v) is 5.19. The number of rotatable bonds is 1. The molecule has 0 aliphatic carbocycles. The molecule has 0 amide bonds. The second kappa shape index (κ2) is 5.78. The number of aryl methyl sites for hydroxylation is 2. The Morgan fingerprint density at radius 1 is 1.07 bits per heavy atom. The first-order valence-electron chi connectivity index (χ1n) is 10.1. The van der Waals surface area contributed by atoms with Crippen LogP contribution in [0.2, 0.25) is 0 Å². The number of fused-ring (bicyclic) bond motifs is 5. The summed E-state index contributed by atoms with van der Waals surface area (Å²) in [6.45, 7) is 11.3. The van der Waals surface area contributed by atoms with Gasteiger partial charge in [0.2, 0.25) is 5.88 Å². The minimum absolute atomic E-state index is 0.131. The van der Waals surface area contributed by atoms with Gasteiger partial charge in [-0.15, -0.1) is 0 Å². The van der Waals surface area contributed by atoms with Crippen molar-refractivity contribution in [2.24, 2.45) is 5.92 Å². The number of benzene rings is 2. The Bertz CT molecular complexity index is 1110. The number of hydrogen-bond donors (Lipinski definition) is 1. The summed E-state index contributed by atoms with van der Waals surface area (Å²) in [7, 11) is 0. The average molecular weight is 389 g/mol. The third-order valence-corrected chi connectivity index (χ3v) is 6.68. The van der Waals surface area contributed by atoms with Crippen LogP contribution in [0.3, 0.4) is 0 Å². The largest absolute Gasteiger partial charge is 0.493 e. The zero-order chi connectivity index (χ0) is 20.6. The van der Waals surface area contributed by atoms with E-state index in [1.807, 2.05) is 16.8 Å². The molecule has 2 aliphatic heterocycles. The van der Waals surface area contributed by atoms with E-state index < -0.39 is 5.60 Å². The van der Waals surface area contributed by atoms with Crippen LogP contribution < -0.4 is 15.2 Å². The normalized spacial score (nSPS) is 24.0. The van der Waals surface area contributed by atoms with Crippen molar-refractivity contribution in [3.8, 4) is 17.3 Å². The van der Waals surface area contributed by atoms with E-state index in [-0.39, 0.29) is 11.3 Å². The van der Waals surface area contributed by atoms with Crippen LogP contribution in [0.5, 0.6) is 11.6 Å². The molecule has 2 aromatic carbocycles. The van der Waals surface area contributed by atoms with Crippen molar-refractivity contribution in [2.75, 3.05) is 12.3 Å². The Balaban J connectivity index is 1.81. The number of nitrogens with two attached hydrogens (primary N) is 1. The molecule has 0 radical (unpaired) electrons. The summed E-state index contributed by atoms with van der Waals surface area (Å²) >= 11 is 0. The van der Waals surface area contributed by atoms with E-state index in [1.165, 1.54) is 5.56 Å². The molecule has 150 valence electrons. The lowest BCUT2D eigenvalue weighted by atomic mass is 9.59. The molecule has 5 rings (SSSR count). The maximum absolute atomic E-state index is 6.63. The molecule has 1 aromatic heterocycles. The van der Waals surface area contributed by atoms with Gasteiger partial charge in [0.05, 0.1) is 18.0 Å². The molecule has 29 heavy (non-hydrogen) atoms. The molecule has 0 spiro atoms. The number of nitrogen functional groups attached to an aromatic ring is 1. The zero-order valence-corrected chi connectivity index (χ0v) is 17.6. The lowest BCUT2D eigenvalue weighted by Gasteiger charge is -2.52. The van der Waals surface area contributed by atoms with Crippen LogP contribution in [0.25, 0.3) is 5.69 Å². The minimum atomic E-state index is -0.432. The number of aromatic nitrogens is 2. The SMILES string of the molecule is Cc1ccc(-n2nc(C)c3c2OC(C)(C)[C@H]2COc4ccc(N)cc4[C@@]32C)cc1. The van der Waals surface area contributed by atoms with Crippen molar-refractivity contribution >= 4 is 5.69 Å². The highest BCUT2D eigenvalue weighted by atomic mass is 16.5. The van der Waals surface area contributed by atoms with Crippen LogP contribution >= 0.6 is 0 Å². The second-order valence-electron chi connectivity index (χ2n) is 9.04. The first kappa shape index (κ1) is 18.1. The summed E-state index contributed by atoms with van der Waals surface area (Å²) in [6.07, 6.45) is 0. The molecule has 5 heteroatoms. The monoisotopic (exact) mass is 389 g/mol. The maximum Gasteiger partial charge on any atom is 0.221 e. The Morgan fingerprint density at radius 2 is 1.79 bits per heavy atom. The van der Waals surface area contributed by atoms with Crippen molar-refractivity contribution in [1.29, 1.82) is 0 Å². The third kappa shape index (κ3) is 2.43. The average Bonchev–Trinajstić information content (AvgIpc) is 2.98. The van der Waals surface area contributed by atoms with E-state index in [0.29, 0.717) is 6.61 Å². The minimum Gasteiger partial charge on any atom is -0.493 e. The van der Waals surface area contributed by atoms with E-state index in [2.05, 4.69) is 65.0 Å². The molecule has 2 atom stereocenters. The van der Waals surface area contributed by atoms with Gasteiger partial charge in [-0.05, 0) is 58.0 Å². The zero-order valence-electron chi connectivity index (χ0n) is 17.6. The smallest absolute Gasteiger partial charge is 0.221 e. The third-order valence-electron chi connectivity index (χ3n) is 6.68. The van der Waals surface area contributed by atoms with Crippen LogP contribution in [0.15, 0.2) is 42.5 Å². The second-order valence-corrected chi connectivity index (χ2v) is 9.04. The van der Waals surface area contributed by atoms with Crippen LogP contribution in [-0.2, 0) is 5.41 Å². The highest BCUT2D eigenvalue weighted by Crippen LogP contribution is 2.57. The Labute approximate surface area is 171 Å². The number of anilines is 1. The van der Waals surface area contributed by atoms with Gasteiger partial charge in [-0.2, -0.15) is 5.10 Å². The predicted molar refractivity (Wildman–Crippen MR) is 114 cm³/mol. The molecule has 3 heterocycles. The fraction of sp³-hybridized carbons (Fsp3) is 0.375. The number of hydrogen-bond acceptors (Lipinski definition) is 4.